The minimum absolute atomic E-state index is 0. The first-order valence-electron chi connectivity index (χ1n) is 9.27. The van der Waals surface area contributed by atoms with Crippen LogP contribution in [0.3, 0.4) is 0 Å². The summed E-state index contributed by atoms with van der Waals surface area (Å²) in [5.41, 5.74) is 6.76. The third-order valence-electron chi connectivity index (χ3n) is 4.54. The van der Waals surface area contributed by atoms with Gasteiger partial charge in [0, 0.05) is 18.3 Å². The van der Waals surface area contributed by atoms with E-state index in [1.54, 1.807) is 23.6 Å². The quantitative estimate of drug-likeness (QED) is 0.524. The van der Waals surface area contributed by atoms with E-state index in [9.17, 15) is 9.59 Å². The molecule has 0 heterocycles. The Balaban J connectivity index is 0.00000729. The van der Waals surface area contributed by atoms with Gasteiger partial charge >= 0.3 is 5.97 Å². The summed E-state index contributed by atoms with van der Waals surface area (Å²) in [7, 11) is 1.35. The van der Waals surface area contributed by atoms with Gasteiger partial charge in [0.15, 0.2) is 0 Å². The number of thioether (sulfide) groups is 1. The van der Waals surface area contributed by atoms with Gasteiger partial charge < -0.3 is 15.8 Å². The Morgan fingerprint density at radius 3 is 2.32 bits per heavy atom. The maximum absolute atomic E-state index is 13.3. The molecule has 160 valence electrons. The average Bonchev–Trinajstić information content (AvgIpc) is 2.68. The van der Waals surface area contributed by atoms with Crippen molar-refractivity contribution in [1.82, 2.24) is 5.32 Å². The van der Waals surface area contributed by atoms with Crippen LogP contribution in [0.1, 0.15) is 27.2 Å². The summed E-state index contributed by atoms with van der Waals surface area (Å²) in [6.07, 6.45) is 2.49. The summed E-state index contributed by atoms with van der Waals surface area (Å²) in [6, 6.07) is 8.07. The fraction of sp³-hybridized carbons (Fsp3) is 0.600. The van der Waals surface area contributed by atoms with E-state index in [0.717, 1.165) is 5.75 Å². The van der Waals surface area contributed by atoms with E-state index in [0.29, 0.717) is 24.6 Å². The van der Waals surface area contributed by atoms with Gasteiger partial charge in [0.25, 0.3) is 0 Å². The maximum Gasteiger partial charge on any atom is 0.328 e. The maximum atomic E-state index is 13.3. The number of nitrogens with zero attached hydrogens (tertiary/aromatic N) is 1. The Labute approximate surface area is 179 Å². The number of nitrogens with one attached hydrogen (secondary N) is 1. The van der Waals surface area contributed by atoms with Crippen LogP contribution < -0.4 is 16.0 Å². The number of carbonyl (C=O) groups excluding carboxylic acids is 2. The Morgan fingerprint density at radius 1 is 1.21 bits per heavy atom. The lowest BCUT2D eigenvalue weighted by atomic mass is 10.1. The molecule has 1 aromatic carbocycles. The lowest BCUT2D eigenvalue weighted by Gasteiger charge is -2.32. The number of halogens is 1. The van der Waals surface area contributed by atoms with Crippen molar-refractivity contribution in [1.29, 1.82) is 0 Å². The summed E-state index contributed by atoms with van der Waals surface area (Å²) in [4.78, 5) is 27.3. The standard InChI is InChI=1S/C20H33N3O3S.ClH/c1-14(2)17(21)13-22-15(3)19(24)23(16-9-7-6-8-10-16)18(11-12-27-5)20(25)26-4;/h6-10,14-15,17-18,22H,11-13,21H2,1-5H3;1H/t15-,17+,18-;/m0./s1. The lowest BCUT2D eigenvalue weighted by Crippen LogP contribution is -2.54. The average molecular weight is 432 g/mol. The lowest BCUT2D eigenvalue weighted by molar-refractivity contribution is -0.143. The number of para-hydroxylation sites is 1. The molecule has 0 aromatic heterocycles. The topological polar surface area (TPSA) is 84.7 Å². The number of hydrogen-bond donors (Lipinski definition) is 2. The largest absolute Gasteiger partial charge is 0.467 e. The molecule has 0 radical (unpaired) electrons. The van der Waals surface area contributed by atoms with Gasteiger partial charge in [0.1, 0.15) is 6.04 Å². The smallest absolute Gasteiger partial charge is 0.328 e. The highest BCUT2D eigenvalue weighted by molar-refractivity contribution is 7.98. The second-order valence-corrected chi connectivity index (χ2v) is 7.89. The molecule has 6 nitrogen and oxygen atoms in total. The summed E-state index contributed by atoms with van der Waals surface area (Å²) >= 11 is 1.63. The van der Waals surface area contributed by atoms with Crippen molar-refractivity contribution in [2.24, 2.45) is 11.7 Å². The van der Waals surface area contributed by atoms with Crippen LogP contribution in [0.4, 0.5) is 5.69 Å². The second kappa shape index (κ2) is 13.8. The SMILES string of the molecule is COC(=O)[C@H](CCSC)N(C(=O)[C@H](C)NC[C@@H](N)C(C)C)c1ccccc1.Cl. The number of hydrogen-bond acceptors (Lipinski definition) is 6. The molecule has 3 N–H and O–H groups in total. The van der Waals surface area contributed by atoms with Crippen LogP contribution in [0.25, 0.3) is 0 Å². The van der Waals surface area contributed by atoms with Crippen LogP contribution in [0.5, 0.6) is 0 Å². The molecule has 0 spiro atoms. The fourth-order valence-corrected chi connectivity index (χ4v) is 3.07. The first kappa shape index (κ1) is 26.7. The molecule has 0 aliphatic heterocycles. The van der Waals surface area contributed by atoms with Gasteiger partial charge in [-0.1, -0.05) is 32.0 Å². The van der Waals surface area contributed by atoms with Crippen LogP contribution in [0.15, 0.2) is 30.3 Å². The Hall–Kier alpha value is -1.28. The van der Waals surface area contributed by atoms with Crippen molar-refractivity contribution < 1.29 is 14.3 Å². The molecule has 0 aliphatic rings. The number of ether oxygens (including phenoxy) is 1. The predicted molar refractivity (Wildman–Crippen MR) is 120 cm³/mol. The van der Waals surface area contributed by atoms with Crippen LogP contribution in [-0.4, -0.2) is 55.7 Å². The van der Waals surface area contributed by atoms with Crippen molar-refractivity contribution in [3.05, 3.63) is 30.3 Å². The number of amides is 1. The number of methoxy groups -OCH3 is 1. The van der Waals surface area contributed by atoms with Gasteiger partial charge in [-0.25, -0.2) is 4.79 Å². The third kappa shape index (κ3) is 7.99. The van der Waals surface area contributed by atoms with Crippen LogP contribution in [0, 0.1) is 5.92 Å². The summed E-state index contributed by atoms with van der Waals surface area (Å²) in [5.74, 6) is 0.478. The molecular formula is C20H34ClN3O3S. The van der Waals surface area contributed by atoms with Gasteiger partial charge in [0.05, 0.1) is 13.2 Å². The van der Waals surface area contributed by atoms with E-state index in [1.165, 1.54) is 7.11 Å². The van der Waals surface area contributed by atoms with Gasteiger partial charge in [-0.3, -0.25) is 9.69 Å². The molecule has 28 heavy (non-hydrogen) atoms. The zero-order valence-electron chi connectivity index (χ0n) is 17.4. The first-order valence-corrected chi connectivity index (χ1v) is 10.7. The summed E-state index contributed by atoms with van der Waals surface area (Å²) in [5, 5.41) is 3.21. The molecule has 1 amide bonds. The zero-order valence-corrected chi connectivity index (χ0v) is 19.0. The summed E-state index contributed by atoms with van der Waals surface area (Å²) in [6.45, 7) is 6.42. The molecular weight excluding hydrogens is 398 g/mol. The highest BCUT2D eigenvalue weighted by Gasteiger charge is 2.34. The van der Waals surface area contributed by atoms with E-state index in [-0.39, 0.29) is 24.4 Å². The molecule has 1 rings (SSSR count). The van der Waals surface area contributed by atoms with Crippen LogP contribution in [-0.2, 0) is 14.3 Å². The molecule has 0 unspecified atom stereocenters. The normalized spacial score (nSPS) is 14.0. The summed E-state index contributed by atoms with van der Waals surface area (Å²) < 4.78 is 4.99. The van der Waals surface area contributed by atoms with Crippen LogP contribution in [0.2, 0.25) is 0 Å². The molecule has 0 fully saturated rings. The number of anilines is 1. The predicted octanol–water partition coefficient (Wildman–Crippen LogP) is 2.70. The van der Waals surface area contributed by atoms with Crippen molar-refractivity contribution in [3.8, 4) is 0 Å². The molecule has 0 saturated heterocycles. The van der Waals surface area contributed by atoms with Crippen LogP contribution >= 0.6 is 24.2 Å². The molecule has 1 aromatic rings. The van der Waals surface area contributed by atoms with Gasteiger partial charge in [-0.2, -0.15) is 11.8 Å². The third-order valence-corrected chi connectivity index (χ3v) is 5.18. The van der Waals surface area contributed by atoms with Crippen molar-refractivity contribution in [2.45, 2.75) is 45.3 Å². The van der Waals surface area contributed by atoms with E-state index in [4.69, 9.17) is 10.5 Å². The Kier molecular flexibility index (Phi) is 13.2. The minimum Gasteiger partial charge on any atom is -0.467 e. The Bertz CT molecular complexity index is 589. The Morgan fingerprint density at radius 2 is 1.82 bits per heavy atom. The number of benzene rings is 1. The number of esters is 1. The highest BCUT2D eigenvalue weighted by atomic mass is 35.5. The molecule has 0 saturated carbocycles. The molecule has 8 heteroatoms. The number of carbonyl (C=O) groups is 2. The highest BCUT2D eigenvalue weighted by Crippen LogP contribution is 2.22. The zero-order chi connectivity index (χ0) is 20.4. The monoisotopic (exact) mass is 431 g/mol. The van der Waals surface area contributed by atoms with E-state index in [2.05, 4.69) is 5.32 Å². The first-order chi connectivity index (χ1) is 12.8. The number of rotatable bonds is 11. The van der Waals surface area contributed by atoms with Crippen molar-refractivity contribution >= 4 is 41.7 Å². The molecule has 0 aliphatic carbocycles. The van der Waals surface area contributed by atoms with Crippen molar-refractivity contribution in [3.63, 3.8) is 0 Å². The van der Waals surface area contributed by atoms with Gasteiger partial charge in [-0.05, 0) is 43.4 Å². The number of nitrogens with two attached hydrogens (primary N) is 1. The van der Waals surface area contributed by atoms with E-state index >= 15 is 0 Å². The molecule has 0 bridgehead atoms. The van der Waals surface area contributed by atoms with E-state index in [1.807, 2.05) is 50.4 Å². The van der Waals surface area contributed by atoms with Crippen molar-refractivity contribution in [2.75, 3.05) is 30.6 Å². The van der Waals surface area contributed by atoms with Gasteiger partial charge in [0.2, 0.25) is 5.91 Å². The minimum atomic E-state index is -0.666. The van der Waals surface area contributed by atoms with Gasteiger partial charge in [-0.15, -0.1) is 12.4 Å². The van der Waals surface area contributed by atoms with E-state index < -0.39 is 18.1 Å². The fourth-order valence-electron chi connectivity index (χ4n) is 2.61. The second-order valence-electron chi connectivity index (χ2n) is 6.90. The molecule has 3 atom stereocenters.